The lowest BCUT2D eigenvalue weighted by Crippen LogP contribution is -2.31. The molecule has 1 atom stereocenters. The van der Waals surface area contributed by atoms with Crippen LogP contribution < -0.4 is 4.90 Å². The van der Waals surface area contributed by atoms with E-state index in [-0.39, 0.29) is 22.9 Å². The van der Waals surface area contributed by atoms with E-state index in [1.807, 2.05) is 0 Å². The number of carbonyl (C=O) groups is 2. The number of anilines is 1. The van der Waals surface area contributed by atoms with Crippen LogP contribution >= 0.6 is 0 Å². The van der Waals surface area contributed by atoms with Crippen LogP contribution in [0.25, 0.3) is 0 Å². The molecule has 1 aromatic carbocycles. The first-order chi connectivity index (χ1) is 13.0. The van der Waals surface area contributed by atoms with E-state index in [0.717, 1.165) is 0 Å². The highest BCUT2D eigenvalue weighted by molar-refractivity contribution is 6.19. The first kappa shape index (κ1) is 16.6. The summed E-state index contributed by atoms with van der Waals surface area (Å²) in [5.41, 5.74) is 0.363. The molecular formula is C19H14N2O6. The Kier molecular flexibility index (Phi) is 3.80. The number of aromatic hydroxyl groups is 1. The number of hydrogen-bond acceptors (Lipinski definition) is 7. The highest BCUT2D eigenvalue weighted by Gasteiger charge is 2.46. The van der Waals surface area contributed by atoms with Crippen molar-refractivity contribution in [3.8, 4) is 5.75 Å². The number of aryl methyl sites for hydroxylation is 1. The summed E-state index contributed by atoms with van der Waals surface area (Å²) in [6.07, 6.45) is 1.33. The summed E-state index contributed by atoms with van der Waals surface area (Å²) in [7, 11) is 0. The van der Waals surface area contributed by atoms with Crippen LogP contribution in [0.15, 0.2) is 69.0 Å². The Balaban J connectivity index is 1.88. The number of hydrogen-bond donors (Lipinski definition) is 2. The van der Waals surface area contributed by atoms with Crippen LogP contribution in [0.2, 0.25) is 0 Å². The molecule has 3 heterocycles. The van der Waals surface area contributed by atoms with E-state index in [0.29, 0.717) is 11.3 Å². The van der Waals surface area contributed by atoms with E-state index < -0.39 is 23.5 Å². The number of aliphatic hydroxyl groups excluding tert-OH is 1. The molecule has 0 fully saturated rings. The zero-order valence-corrected chi connectivity index (χ0v) is 14.1. The summed E-state index contributed by atoms with van der Waals surface area (Å²) < 4.78 is 10.2. The van der Waals surface area contributed by atoms with Crippen LogP contribution in [0.3, 0.4) is 0 Å². The minimum atomic E-state index is -0.958. The zero-order valence-electron chi connectivity index (χ0n) is 14.1. The molecule has 27 heavy (non-hydrogen) atoms. The third-order valence-corrected chi connectivity index (χ3v) is 4.27. The highest BCUT2D eigenvalue weighted by Crippen LogP contribution is 2.41. The minimum Gasteiger partial charge on any atom is -0.508 e. The number of benzene rings is 1. The summed E-state index contributed by atoms with van der Waals surface area (Å²) in [6, 6.07) is 9.52. The van der Waals surface area contributed by atoms with Gasteiger partial charge in [-0.05, 0) is 36.8 Å². The molecule has 3 aromatic rings. The Morgan fingerprint density at radius 2 is 1.93 bits per heavy atom. The Bertz CT molecular complexity index is 1050. The van der Waals surface area contributed by atoms with E-state index in [4.69, 9.17) is 8.94 Å². The molecule has 0 radical (unpaired) electrons. The number of amides is 1. The van der Waals surface area contributed by atoms with Crippen LogP contribution in [-0.4, -0.2) is 27.1 Å². The van der Waals surface area contributed by atoms with Gasteiger partial charge in [0, 0.05) is 6.07 Å². The van der Waals surface area contributed by atoms with Crippen molar-refractivity contribution in [1.82, 2.24) is 5.16 Å². The van der Waals surface area contributed by atoms with E-state index in [1.165, 1.54) is 41.5 Å². The Morgan fingerprint density at radius 1 is 1.19 bits per heavy atom. The molecule has 0 aliphatic carbocycles. The van der Waals surface area contributed by atoms with Gasteiger partial charge in [0.1, 0.15) is 11.5 Å². The predicted octanol–water partition coefficient (Wildman–Crippen LogP) is 3.06. The van der Waals surface area contributed by atoms with Crippen molar-refractivity contribution < 1.29 is 28.7 Å². The molecule has 1 amide bonds. The van der Waals surface area contributed by atoms with Gasteiger partial charge in [0.2, 0.25) is 5.78 Å². The molecule has 2 aromatic heterocycles. The molecule has 0 saturated heterocycles. The summed E-state index contributed by atoms with van der Waals surface area (Å²) in [5, 5.41) is 23.9. The molecule has 4 rings (SSSR count). The summed E-state index contributed by atoms with van der Waals surface area (Å²) >= 11 is 0. The molecule has 8 nitrogen and oxygen atoms in total. The van der Waals surface area contributed by atoms with Gasteiger partial charge in [-0.3, -0.25) is 14.5 Å². The predicted molar refractivity (Wildman–Crippen MR) is 92.3 cm³/mol. The number of Topliss-reactive ketones (excluding diaryl/α,β-unsaturated/α-hetero) is 1. The molecule has 0 spiro atoms. The average molecular weight is 366 g/mol. The topological polar surface area (TPSA) is 117 Å². The fourth-order valence-electron chi connectivity index (χ4n) is 3.05. The monoisotopic (exact) mass is 366 g/mol. The van der Waals surface area contributed by atoms with Crippen LogP contribution in [0.5, 0.6) is 5.75 Å². The average Bonchev–Trinajstić information content (AvgIpc) is 3.37. The number of phenols is 1. The standard InChI is InChI=1S/C19H14N2O6/c1-10-9-14(20-27-10)21-16(11-4-6-12(22)7-5-11)15(18(24)19(21)25)17(23)13-3-2-8-26-13/h2-9,16,22,24H,1H3/t16-/m1/s1. The van der Waals surface area contributed by atoms with Gasteiger partial charge in [0.15, 0.2) is 17.3 Å². The third-order valence-electron chi connectivity index (χ3n) is 4.27. The van der Waals surface area contributed by atoms with Crippen molar-refractivity contribution in [2.24, 2.45) is 0 Å². The van der Waals surface area contributed by atoms with Crippen molar-refractivity contribution in [3.63, 3.8) is 0 Å². The van der Waals surface area contributed by atoms with Crippen molar-refractivity contribution in [2.45, 2.75) is 13.0 Å². The number of rotatable bonds is 4. The summed E-state index contributed by atoms with van der Waals surface area (Å²) in [4.78, 5) is 26.8. The van der Waals surface area contributed by atoms with E-state index in [1.54, 1.807) is 19.1 Å². The molecule has 0 saturated carbocycles. The second-order valence-electron chi connectivity index (χ2n) is 6.03. The number of carbonyl (C=O) groups excluding carboxylic acids is 2. The van der Waals surface area contributed by atoms with Crippen LogP contribution in [0, 0.1) is 6.92 Å². The largest absolute Gasteiger partial charge is 0.508 e. The fraction of sp³-hybridized carbons (Fsp3) is 0.105. The van der Waals surface area contributed by atoms with Crippen LogP contribution in [-0.2, 0) is 4.79 Å². The van der Waals surface area contributed by atoms with E-state index in [9.17, 15) is 19.8 Å². The number of aromatic nitrogens is 1. The van der Waals surface area contributed by atoms with Crippen molar-refractivity contribution >= 4 is 17.5 Å². The smallest absolute Gasteiger partial charge is 0.295 e. The van der Waals surface area contributed by atoms with Crippen molar-refractivity contribution in [1.29, 1.82) is 0 Å². The van der Waals surface area contributed by atoms with Gasteiger partial charge in [0.25, 0.3) is 5.91 Å². The van der Waals surface area contributed by atoms with Gasteiger partial charge < -0.3 is 19.2 Å². The third kappa shape index (κ3) is 2.67. The second-order valence-corrected chi connectivity index (χ2v) is 6.03. The van der Waals surface area contributed by atoms with Crippen molar-refractivity contribution in [2.75, 3.05) is 4.90 Å². The van der Waals surface area contributed by atoms with E-state index >= 15 is 0 Å². The lowest BCUT2D eigenvalue weighted by atomic mass is 9.95. The van der Waals surface area contributed by atoms with Crippen molar-refractivity contribution in [3.05, 3.63) is 77.1 Å². The number of nitrogens with zero attached hydrogens (tertiary/aromatic N) is 2. The number of ketones is 1. The maximum atomic E-state index is 12.9. The van der Waals surface area contributed by atoms with Gasteiger partial charge in [-0.15, -0.1) is 0 Å². The lowest BCUT2D eigenvalue weighted by molar-refractivity contribution is -0.117. The molecular weight excluding hydrogens is 352 g/mol. The van der Waals surface area contributed by atoms with Gasteiger partial charge in [-0.1, -0.05) is 17.3 Å². The SMILES string of the molecule is Cc1cc(N2C(=O)C(O)=C(C(=O)c3ccco3)[C@H]2c2ccc(O)cc2)no1. The molecule has 1 aliphatic rings. The minimum absolute atomic E-state index is 0.00804. The molecule has 1 aliphatic heterocycles. The van der Waals surface area contributed by atoms with Crippen LogP contribution in [0.1, 0.15) is 27.9 Å². The quantitative estimate of drug-likeness (QED) is 0.681. The van der Waals surface area contributed by atoms with Gasteiger partial charge >= 0.3 is 0 Å². The molecule has 2 N–H and O–H groups in total. The normalized spacial score (nSPS) is 17.0. The maximum Gasteiger partial charge on any atom is 0.295 e. The zero-order chi connectivity index (χ0) is 19.1. The van der Waals surface area contributed by atoms with Gasteiger partial charge in [-0.2, -0.15) is 0 Å². The van der Waals surface area contributed by atoms with Gasteiger partial charge in [0.05, 0.1) is 17.9 Å². The van der Waals surface area contributed by atoms with Gasteiger partial charge in [-0.25, -0.2) is 0 Å². The first-order valence-electron chi connectivity index (χ1n) is 8.04. The number of phenolic OH excluding ortho intramolecular Hbond substituents is 1. The number of aliphatic hydroxyl groups is 1. The molecule has 136 valence electrons. The van der Waals surface area contributed by atoms with Crippen LogP contribution in [0.4, 0.5) is 5.82 Å². The first-order valence-corrected chi connectivity index (χ1v) is 8.04. The van der Waals surface area contributed by atoms with E-state index in [2.05, 4.69) is 5.16 Å². The Morgan fingerprint density at radius 3 is 2.52 bits per heavy atom. The fourth-order valence-corrected chi connectivity index (χ4v) is 3.05. The molecule has 0 unspecified atom stereocenters. The second kappa shape index (κ2) is 6.17. The Hall–Kier alpha value is -3.81. The summed E-state index contributed by atoms with van der Waals surface area (Å²) in [6.45, 7) is 1.66. The highest BCUT2D eigenvalue weighted by atomic mass is 16.5. The maximum absolute atomic E-state index is 12.9. The Labute approximate surface area is 152 Å². The lowest BCUT2D eigenvalue weighted by Gasteiger charge is -2.24. The molecule has 8 heteroatoms. The number of furan rings is 1. The molecule has 0 bridgehead atoms. The summed E-state index contributed by atoms with van der Waals surface area (Å²) in [5.74, 6) is -1.44.